The van der Waals surface area contributed by atoms with Gasteiger partial charge < -0.3 is 10.2 Å². The van der Waals surface area contributed by atoms with Crippen LogP contribution in [0.5, 0.6) is 0 Å². The van der Waals surface area contributed by atoms with Crippen LogP contribution in [0.2, 0.25) is 5.02 Å². The van der Waals surface area contributed by atoms with Crippen LogP contribution in [0, 0.1) is 6.92 Å². The Labute approximate surface area is 188 Å². The Morgan fingerprint density at radius 3 is 2.10 bits per heavy atom. The van der Waals surface area contributed by atoms with Gasteiger partial charge in [-0.05, 0) is 35.7 Å². The number of nitrogens with one attached hydrogen (secondary N) is 1. The summed E-state index contributed by atoms with van der Waals surface area (Å²) in [5.74, 6) is -0.324. The third-order valence-corrected chi connectivity index (χ3v) is 5.46. The first-order valence-corrected chi connectivity index (χ1v) is 10.7. The summed E-state index contributed by atoms with van der Waals surface area (Å²) >= 11 is 6.00. The average molecular weight is 435 g/mol. The monoisotopic (exact) mass is 434 g/mol. The second kappa shape index (κ2) is 10.8. The van der Waals surface area contributed by atoms with Gasteiger partial charge in [0.15, 0.2) is 0 Å². The first kappa shape index (κ1) is 22.6. The highest BCUT2D eigenvalue weighted by atomic mass is 35.5. The fourth-order valence-corrected chi connectivity index (χ4v) is 3.55. The van der Waals surface area contributed by atoms with Crippen LogP contribution >= 0.6 is 11.6 Å². The molecule has 0 aliphatic rings. The van der Waals surface area contributed by atoms with E-state index in [0.29, 0.717) is 24.5 Å². The number of benzene rings is 3. The van der Waals surface area contributed by atoms with Crippen molar-refractivity contribution in [2.24, 2.45) is 0 Å². The van der Waals surface area contributed by atoms with Crippen LogP contribution in [-0.4, -0.2) is 22.8 Å². The van der Waals surface area contributed by atoms with Crippen molar-refractivity contribution in [3.8, 4) is 0 Å². The molecular weight excluding hydrogens is 408 g/mol. The Hall–Kier alpha value is -3.11. The largest absolute Gasteiger partial charge is 0.350 e. The van der Waals surface area contributed by atoms with Crippen molar-refractivity contribution in [3.05, 3.63) is 106 Å². The van der Waals surface area contributed by atoms with Crippen molar-refractivity contribution in [1.82, 2.24) is 10.2 Å². The Bertz CT molecular complexity index is 1000. The van der Waals surface area contributed by atoms with Crippen molar-refractivity contribution < 1.29 is 9.59 Å². The Morgan fingerprint density at radius 1 is 0.871 bits per heavy atom. The third-order valence-electron chi connectivity index (χ3n) is 5.21. The molecule has 0 unspecified atom stereocenters. The van der Waals surface area contributed by atoms with E-state index in [1.807, 2.05) is 73.7 Å². The number of aryl methyl sites for hydroxylation is 1. The molecule has 3 aromatic rings. The van der Waals surface area contributed by atoms with Gasteiger partial charge in [-0.15, -0.1) is 0 Å². The molecule has 31 heavy (non-hydrogen) atoms. The van der Waals surface area contributed by atoms with E-state index in [1.54, 1.807) is 17.0 Å². The van der Waals surface area contributed by atoms with Crippen molar-refractivity contribution in [1.29, 1.82) is 0 Å². The van der Waals surface area contributed by atoms with E-state index >= 15 is 0 Å². The van der Waals surface area contributed by atoms with Gasteiger partial charge in [-0.25, -0.2) is 0 Å². The fourth-order valence-electron chi connectivity index (χ4n) is 3.42. The lowest BCUT2D eigenvalue weighted by molar-refractivity contribution is -0.139. The van der Waals surface area contributed by atoms with Gasteiger partial charge in [0.2, 0.25) is 11.8 Å². The standard InChI is InChI=1S/C26H27ClN2O2/c1-19-8-10-22(11-9-19)17-28-26(31)25(16-21-6-4-3-5-7-21)29(20(2)30)18-23-12-14-24(27)15-13-23/h3-15,25H,16-18H2,1-2H3,(H,28,31)/t25-/m1/s1. The number of carbonyl (C=O) groups is 2. The first-order chi connectivity index (χ1) is 14.9. The summed E-state index contributed by atoms with van der Waals surface area (Å²) in [7, 11) is 0. The van der Waals surface area contributed by atoms with Gasteiger partial charge in [-0.2, -0.15) is 0 Å². The molecule has 0 aliphatic heterocycles. The lowest BCUT2D eigenvalue weighted by Crippen LogP contribution is -2.49. The number of carbonyl (C=O) groups excluding carboxylic acids is 2. The van der Waals surface area contributed by atoms with E-state index < -0.39 is 6.04 Å². The molecule has 0 bridgehead atoms. The van der Waals surface area contributed by atoms with E-state index in [9.17, 15) is 9.59 Å². The SMILES string of the molecule is CC(=O)N(Cc1ccc(Cl)cc1)[C@H](Cc1ccccc1)C(=O)NCc1ccc(C)cc1. The zero-order valence-electron chi connectivity index (χ0n) is 17.8. The summed E-state index contributed by atoms with van der Waals surface area (Å²) in [6.45, 7) is 4.28. The molecule has 0 radical (unpaired) electrons. The van der Waals surface area contributed by atoms with Crippen LogP contribution in [0.3, 0.4) is 0 Å². The van der Waals surface area contributed by atoms with Crippen molar-refractivity contribution in [3.63, 3.8) is 0 Å². The normalized spacial score (nSPS) is 11.6. The predicted octanol–water partition coefficient (Wildman–Crippen LogP) is 4.92. The predicted molar refractivity (Wildman–Crippen MR) is 125 cm³/mol. The van der Waals surface area contributed by atoms with Gasteiger partial charge >= 0.3 is 0 Å². The number of amides is 2. The number of hydrogen-bond donors (Lipinski definition) is 1. The molecule has 0 saturated carbocycles. The van der Waals surface area contributed by atoms with E-state index in [1.165, 1.54) is 12.5 Å². The maximum Gasteiger partial charge on any atom is 0.243 e. The molecule has 0 spiro atoms. The zero-order chi connectivity index (χ0) is 22.2. The second-order valence-corrected chi connectivity index (χ2v) is 8.12. The summed E-state index contributed by atoms with van der Waals surface area (Å²) in [5, 5.41) is 3.65. The summed E-state index contributed by atoms with van der Waals surface area (Å²) in [4.78, 5) is 27.5. The molecule has 1 N–H and O–H groups in total. The number of halogens is 1. The van der Waals surface area contributed by atoms with Crippen LogP contribution < -0.4 is 5.32 Å². The summed E-state index contributed by atoms with van der Waals surface area (Å²) < 4.78 is 0. The van der Waals surface area contributed by atoms with Gasteiger partial charge in [-0.1, -0.05) is 83.9 Å². The van der Waals surface area contributed by atoms with Gasteiger partial charge in [0.25, 0.3) is 0 Å². The molecule has 3 aromatic carbocycles. The fraction of sp³-hybridized carbons (Fsp3) is 0.231. The summed E-state index contributed by atoms with van der Waals surface area (Å²) in [6.07, 6.45) is 0.438. The lowest BCUT2D eigenvalue weighted by atomic mass is 10.0. The molecule has 3 rings (SSSR count). The van der Waals surface area contributed by atoms with Crippen LogP contribution in [0.4, 0.5) is 0 Å². The maximum atomic E-state index is 13.3. The highest BCUT2D eigenvalue weighted by Gasteiger charge is 2.28. The van der Waals surface area contributed by atoms with Gasteiger partial charge in [0.05, 0.1) is 0 Å². The molecular formula is C26H27ClN2O2. The molecule has 4 nitrogen and oxygen atoms in total. The first-order valence-electron chi connectivity index (χ1n) is 10.3. The minimum absolute atomic E-state index is 0.152. The maximum absolute atomic E-state index is 13.3. The van der Waals surface area contributed by atoms with Crippen LogP contribution in [0.1, 0.15) is 29.2 Å². The Balaban J connectivity index is 1.81. The van der Waals surface area contributed by atoms with Crippen molar-refractivity contribution >= 4 is 23.4 Å². The van der Waals surface area contributed by atoms with Crippen LogP contribution in [-0.2, 0) is 29.1 Å². The Kier molecular flexibility index (Phi) is 7.85. The molecule has 1 atom stereocenters. The molecule has 5 heteroatoms. The number of nitrogens with zero attached hydrogens (tertiary/aromatic N) is 1. The summed E-state index contributed by atoms with van der Waals surface area (Å²) in [6, 6.07) is 24.5. The molecule has 0 fully saturated rings. The smallest absolute Gasteiger partial charge is 0.243 e. The molecule has 0 heterocycles. The van der Waals surface area contributed by atoms with Crippen molar-refractivity contribution in [2.45, 2.75) is 39.4 Å². The highest BCUT2D eigenvalue weighted by molar-refractivity contribution is 6.30. The third kappa shape index (κ3) is 6.69. The molecule has 0 aliphatic carbocycles. The van der Waals surface area contributed by atoms with Gasteiger partial charge in [-0.3, -0.25) is 9.59 Å². The molecule has 0 saturated heterocycles. The highest BCUT2D eigenvalue weighted by Crippen LogP contribution is 2.17. The van der Waals surface area contributed by atoms with Crippen LogP contribution in [0.25, 0.3) is 0 Å². The average Bonchev–Trinajstić information content (AvgIpc) is 2.77. The number of rotatable bonds is 8. The topological polar surface area (TPSA) is 49.4 Å². The van der Waals surface area contributed by atoms with E-state index in [2.05, 4.69) is 5.32 Å². The lowest BCUT2D eigenvalue weighted by Gasteiger charge is -2.30. The van der Waals surface area contributed by atoms with Crippen molar-refractivity contribution in [2.75, 3.05) is 0 Å². The second-order valence-electron chi connectivity index (χ2n) is 7.68. The molecule has 2 amide bonds. The minimum Gasteiger partial charge on any atom is -0.350 e. The van der Waals surface area contributed by atoms with Crippen LogP contribution in [0.15, 0.2) is 78.9 Å². The quantitative estimate of drug-likeness (QED) is 0.546. The van der Waals surface area contributed by atoms with E-state index in [0.717, 1.165) is 16.7 Å². The zero-order valence-corrected chi connectivity index (χ0v) is 18.6. The van der Waals surface area contributed by atoms with Gasteiger partial charge in [0, 0.05) is 31.5 Å². The Morgan fingerprint density at radius 2 is 1.48 bits per heavy atom. The molecule has 160 valence electrons. The van der Waals surface area contributed by atoms with E-state index in [-0.39, 0.29) is 11.8 Å². The number of hydrogen-bond acceptors (Lipinski definition) is 2. The van der Waals surface area contributed by atoms with Gasteiger partial charge in [0.1, 0.15) is 6.04 Å². The van der Waals surface area contributed by atoms with E-state index in [4.69, 9.17) is 11.6 Å². The minimum atomic E-state index is -0.624. The molecule has 0 aromatic heterocycles. The summed E-state index contributed by atoms with van der Waals surface area (Å²) in [5.41, 5.74) is 4.11.